The highest BCUT2D eigenvalue weighted by Crippen LogP contribution is 2.33. The number of nitrogens with zero attached hydrogens (tertiary/aromatic N) is 3. The van der Waals surface area contributed by atoms with Gasteiger partial charge in [0.05, 0.1) is 5.25 Å². The summed E-state index contributed by atoms with van der Waals surface area (Å²) in [5.41, 5.74) is 0. The molecule has 0 radical (unpaired) electrons. The highest BCUT2D eigenvalue weighted by Gasteiger charge is 2.24. The van der Waals surface area contributed by atoms with Gasteiger partial charge in [0.25, 0.3) is 0 Å². The molecule has 1 saturated carbocycles. The smallest absolute Gasteiger partial charge is 0.233 e. The summed E-state index contributed by atoms with van der Waals surface area (Å²) in [5, 5.41) is 12.0. The third kappa shape index (κ3) is 4.09. The Morgan fingerprint density at radius 2 is 2.19 bits per heavy atom. The third-order valence-electron chi connectivity index (χ3n) is 3.85. The number of aryl methyl sites for hydroxylation is 1. The molecule has 1 amide bonds. The van der Waals surface area contributed by atoms with Crippen LogP contribution in [0.15, 0.2) is 17.8 Å². The number of hydrogen-bond acceptors (Lipinski definition) is 4. The minimum atomic E-state index is -0.184. The minimum Gasteiger partial charge on any atom is -0.352 e. The number of aromatic nitrogens is 3. The number of carbonyl (C=O) groups excluding carboxylic acids is 1. The first-order valence-corrected chi connectivity index (χ1v) is 8.48. The molecule has 1 aliphatic rings. The van der Waals surface area contributed by atoms with Crippen molar-refractivity contribution in [3.8, 4) is 0 Å². The molecular weight excluding hydrogens is 284 g/mol. The summed E-state index contributed by atoms with van der Waals surface area (Å²) in [6.07, 6.45) is 7.90. The van der Waals surface area contributed by atoms with E-state index in [0.717, 1.165) is 11.0 Å². The van der Waals surface area contributed by atoms with Crippen LogP contribution in [0.25, 0.3) is 0 Å². The zero-order valence-electron chi connectivity index (χ0n) is 12.8. The maximum atomic E-state index is 12.0. The van der Waals surface area contributed by atoms with Crippen LogP contribution < -0.4 is 5.32 Å². The molecule has 2 rings (SSSR count). The van der Waals surface area contributed by atoms with Crippen LogP contribution in [0.5, 0.6) is 0 Å². The molecule has 1 aliphatic carbocycles. The first-order valence-electron chi connectivity index (χ1n) is 7.60. The van der Waals surface area contributed by atoms with Crippen molar-refractivity contribution >= 4 is 17.7 Å². The molecule has 0 aromatic carbocycles. The van der Waals surface area contributed by atoms with Crippen molar-refractivity contribution in [3.63, 3.8) is 0 Å². The van der Waals surface area contributed by atoms with E-state index in [1.165, 1.54) is 43.9 Å². The van der Waals surface area contributed by atoms with Crippen molar-refractivity contribution in [1.29, 1.82) is 0 Å². The van der Waals surface area contributed by atoms with E-state index in [1.807, 2.05) is 13.8 Å². The molecule has 6 heteroatoms. The van der Waals surface area contributed by atoms with Crippen molar-refractivity contribution in [3.05, 3.63) is 18.5 Å². The Hall–Kier alpha value is -1.30. The van der Waals surface area contributed by atoms with Gasteiger partial charge in [-0.1, -0.05) is 37.1 Å². The zero-order valence-corrected chi connectivity index (χ0v) is 13.7. The number of carbonyl (C=O) groups is 1. The van der Waals surface area contributed by atoms with E-state index < -0.39 is 0 Å². The lowest BCUT2D eigenvalue weighted by Crippen LogP contribution is -2.31. The van der Waals surface area contributed by atoms with Gasteiger partial charge in [0.2, 0.25) is 5.91 Å². The summed E-state index contributed by atoms with van der Waals surface area (Å²) >= 11 is 1.49. The van der Waals surface area contributed by atoms with Crippen molar-refractivity contribution in [2.24, 2.45) is 0 Å². The summed E-state index contributed by atoms with van der Waals surface area (Å²) in [7, 11) is 0. The monoisotopic (exact) mass is 308 g/mol. The summed E-state index contributed by atoms with van der Waals surface area (Å²) in [4.78, 5) is 12.0. The predicted octanol–water partition coefficient (Wildman–Crippen LogP) is 2.87. The van der Waals surface area contributed by atoms with Crippen LogP contribution in [0.2, 0.25) is 0 Å². The third-order valence-corrected chi connectivity index (χ3v) is 4.90. The normalized spacial score (nSPS) is 17.4. The Morgan fingerprint density at radius 1 is 1.48 bits per heavy atom. The number of amides is 1. The molecule has 0 saturated heterocycles. The first-order chi connectivity index (χ1) is 10.1. The molecule has 5 nitrogen and oxygen atoms in total. The predicted molar refractivity (Wildman–Crippen MR) is 85.4 cm³/mol. The Labute approximate surface area is 130 Å². The fourth-order valence-electron chi connectivity index (χ4n) is 2.72. The molecule has 116 valence electrons. The fourth-order valence-corrected chi connectivity index (χ4v) is 3.71. The van der Waals surface area contributed by atoms with Crippen LogP contribution in [0.4, 0.5) is 0 Å². The van der Waals surface area contributed by atoms with Crippen molar-refractivity contribution < 1.29 is 4.79 Å². The van der Waals surface area contributed by atoms with E-state index >= 15 is 0 Å². The van der Waals surface area contributed by atoms with E-state index in [1.54, 1.807) is 6.08 Å². The highest BCUT2D eigenvalue weighted by molar-refractivity contribution is 8.00. The Balaban J connectivity index is 2.06. The number of hydrogen-bond donors (Lipinski definition) is 1. The molecule has 0 unspecified atom stereocenters. The van der Waals surface area contributed by atoms with Crippen LogP contribution in [-0.4, -0.2) is 32.5 Å². The molecule has 21 heavy (non-hydrogen) atoms. The van der Waals surface area contributed by atoms with Crippen LogP contribution in [0.1, 0.15) is 50.9 Å². The Bertz CT molecular complexity index is 494. The van der Waals surface area contributed by atoms with Gasteiger partial charge in [0.15, 0.2) is 5.16 Å². The largest absolute Gasteiger partial charge is 0.352 e. The molecule has 1 heterocycles. The molecule has 1 atom stereocenters. The Kier molecular flexibility index (Phi) is 5.85. The summed E-state index contributed by atoms with van der Waals surface area (Å²) in [6, 6.07) is 0.486. The lowest BCUT2D eigenvalue weighted by molar-refractivity contribution is -0.120. The molecule has 1 fully saturated rings. The lowest BCUT2D eigenvalue weighted by Gasteiger charge is -2.25. The standard InChI is InChI=1S/C15H24N4OS/c1-4-10-16-14(20)11(2)21-15-18-17-12(3)19(15)13-8-6-5-7-9-13/h4,11,13H,1,5-10H2,2-3H3,(H,16,20)/t11-/m1/s1. The van der Waals surface area contributed by atoms with Crippen molar-refractivity contribution in [2.45, 2.75) is 62.4 Å². The van der Waals surface area contributed by atoms with Gasteiger partial charge < -0.3 is 9.88 Å². The van der Waals surface area contributed by atoms with E-state index in [-0.39, 0.29) is 11.2 Å². The lowest BCUT2D eigenvalue weighted by atomic mass is 9.95. The molecule has 0 bridgehead atoms. The van der Waals surface area contributed by atoms with Gasteiger partial charge in [-0.05, 0) is 26.7 Å². The zero-order chi connectivity index (χ0) is 15.2. The highest BCUT2D eigenvalue weighted by atomic mass is 32.2. The van der Waals surface area contributed by atoms with Gasteiger partial charge >= 0.3 is 0 Å². The topological polar surface area (TPSA) is 59.8 Å². The average molecular weight is 308 g/mol. The van der Waals surface area contributed by atoms with Crippen LogP contribution in [0, 0.1) is 6.92 Å². The quantitative estimate of drug-likeness (QED) is 0.648. The van der Waals surface area contributed by atoms with Crippen molar-refractivity contribution in [2.75, 3.05) is 6.54 Å². The van der Waals surface area contributed by atoms with Crippen molar-refractivity contribution in [1.82, 2.24) is 20.1 Å². The second kappa shape index (κ2) is 7.64. The van der Waals surface area contributed by atoms with Gasteiger partial charge in [0, 0.05) is 12.6 Å². The van der Waals surface area contributed by atoms with Gasteiger partial charge in [-0.25, -0.2) is 0 Å². The SMILES string of the molecule is C=CCNC(=O)[C@@H](C)Sc1nnc(C)n1C1CCCCC1. The molecule has 1 aromatic heterocycles. The van der Waals surface area contributed by atoms with E-state index in [9.17, 15) is 4.79 Å². The second-order valence-electron chi connectivity index (χ2n) is 5.49. The van der Waals surface area contributed by atoms with E-state index in [2.05, 4.69) is 26.7 Å². The second-order valence-corrected chi connectivity index (χ2v) is 6.79. The summed E-state index contributed by atoms with van der Waals surface area (Å²) < 4.78 is 2.22. The van der Waals surface area contributed by atoms with Crippen LogP contribution in [-0.2, 0) is 4.79 Å². The maximum Gasteiger partial charge on any atom is 0.233 e. The number of thioether (sulfide) groups is 1. The first kappa shape index (κ1) is 16.1. The maximum absolute atomic E-state index is 12.0. The van der Waals surface area contributed by atoms with Gasteiger partial charge in [0.1, 0.15) is 5.82 Å². The molecule has 0 spiro atoms. The minimum absolute atomic E-state index is 0.00995. The van der Waals surface area contributed by atoms with Gasteiger partial charge in [-0.3, -0.25) is 4.79 Å². The van der Waals surface area contributed by atoms with Gasteiger partial charge in [-0.2, -0.15) is 0 Å². The molecular formula is C15H24N4OS. The summed E-state index contributed by atoms with van der Waals surface area (Å²) in [5.74, 6) is 0.957. The van der Waals surface area contributed by atoms with Gasteiger partial charge in [-0.15, -0.1) is 16.8 Å². The van der Waals surface area contributed by atoms with E-state index in [4.69, 9.17) is 0 Å². The van der Waals surface area contributed by atoms with Crippen LogP contribution >= 0.6 is 11.8 Å². The average Bonchev–Trinajstić information content (AvgIpc) is 2.86. The fraction of sp³-hybridized carbons (Fsp3) is 0.667. The molecule has 0 aliphatic heterocycles. The number of rotatable bonds is 6. The summed E-state index contributed by atoms with van der Waals surface area (Å²) in [6.45, 7) is 8.00. The number of nitrogens with one attached hydrogen (secondary N) is 1. The Morgan fingerprint density at radius 3 is 2.86 bits per heavy atom. The van der Waals surface area contributed by atoms with E-state index in [0.29, 0.717) is 12.6 Å². The van der Waals surface area contributed by atoms with Crippen LogP contribution in [0.3, 0.4) is 0 Å². The molecule has 1 aromatic rings. The molecule has 1 N–H and O–H groups in total.